The van der Waals surface area contributed by atoms with Crippen LogP contribution in [0.15, 0.2) is 0 Å². The van der Waals surface area contributed by atoms with E-state index in [0.717, 1.165) is 11.8 Å². The van der Waals surface area contributed by atoms with Gasteiger partial charge in [-0.2, -0.15) is 0 Å². The Morgan fingerprint density at radius 2 is 1.00 bits per heavy atom. The van der Waals surface area contributed by atoms with E-state index in [0.29, 0.717) is 0 Å². The average molecular weight is 144 g/mol. The Balaban J connectivity index is 0. The van der Waals surface area contributed by atoms with Gasteiger partial charge in [0, 0.05) is 0 Å². The van der Waals surface area contributed by atoms with Crippen LogP contribution in [-0.2, 0) is 0 Å². The Bertz CT molecular complexity index is 40.5. The first kappa shape index (κ1) is 12.2. The van der Waals surface area contributed by atoms with Crippen molar-refractivity contribution in [1.29, 1.82) is 0 Å². The van der Waals surface area contributed by atoms with E-state index in [2.05, 4.69) is 27.7 Å². The van der Waals surface area contributed by atoms with Gasteiger partial charge < -0.3 is 0 Å². The van der Waals surface area contributed by atoms with Crippen LogP contribution >= 0.6 is 0 Å². The van der Waals surface area contributed by atoms with E-state index in [1.807, 2.05) is 0 Å². The SMILES string of the molecule is CC(C)CCC(C)C.[AlH3]. The predicted molar refractivity (Wildman–Crippen MR) is 48.8 cm³/mol. The van der Waals surface area contributed by atoms with Crippen molar-refractivity contribution in [3.05, 3.63) is 0 Å². The summed E-state index contributed by atoms with van der Waals surface area (Å²) in [5, 5.41) is 0. The molecule has 0 atom stereocenters. The Hall–Kier alpha value is 0.532. The second-order valence-electron chi connectivity index (χ2n) is 3.37. The topological polar surface area (TPSA) is 0 Å². The molecule has 0 aromatic heterocycles. The molecule has 0 nitrogen and oxygen atoms in total. The Kier molecular flexibility index (Phi) is 9.04. The highest BCUT2D eigenvalue weighted by molar-refractivity contribution is 5.75. The van der Waals surface area contributed by atoms with Crippen LogP contribution in [0.25, 0.3) is 0 Å². The second kappa shape index (κ2) is 6.65. The van der Waals surface area contributed by atoms with E-state index >= 15 is 0 Å². The van der Waals surface area contributed by atoms with Crippen molar-refractivity contribution in [3.8, 4) is 0 Å². The van der Waals surface area contributed by atoms with Gasteiger partial charge in [0.25, 0.3) is 0 Å². The Morgan fingerprint density at radius 3 is 1.11 bits per heavy atom. The van der Waals surface area contributed by atoms with E-state index in [1.165, 1.54) is 12.8 Å². The van der Waals surface area contributed by atoms with Gasteiger partial charge >= 0.3 is 0 Å². The van der Waals surface area contributed by atoms with Gasteiger partial charge in [0.2, 0.25) is 0 Å². The molecule has 0 heterocycles. The van der Waals surface area contributed by atoms with Crippen LogP contribution < -0.4 is 0 Å². The smallest absolute Gasteiger partial charge is 0.0628 e. The molecule has 0 radical (unpaired) electrons. The first-order chi connectivity index (χ1) is 3.63. The number of hydrogen-bond acceptors (Lipinski definition) is 0. The zero-order valence-electron chi connectivity index (χ0n) is 6.57. The molecule has 0 saturated heterocycles. The van der Waals surface area contributed by atoms with Crippen molar-refractivity contribution in [2.24, 2.45) is 11.8 Å². The van der Waals surface area contributed by atoms with E-state index in [1.54, 1.807) is 0 Å². The molecule has 9 heavy (non-hydrogen) atoms. The highest BCUT2D eigenvalue weighted by atomic mass is 27.0. The summed E-state index contributed by atoms with van der Waals surface area (Å²) < 4.78 is 0. The summed E-state index contributed by atoms with van der Waals surface area (Å²) in [6.45, 7) is 9.12. The average Bonchev–Trinajstić information content (AvgIpc) is 1.61. The first-order valence-electron chi connectivity index (χ1n) is 3.63. The molecule has 1 heteroatoms. The minimum Gasteiger partial charge on any atom is -0.0628 e. The monoisotopic (exact) mass is 144 g/mol. The van der Waals surface area contributed by atoms with Crippen LogP contribution in [0.3, 0.4) is 0 Å². The van der Waals surface area contributed by atoms with Gasteiger partial charge in [-0.15, -0.1) is 0 Å². The number of rotatable bonds is 3. The molecule has 0 aromatic rings. The summed E-state index contributed by atoms with van der Waals surface area (Å²) in [5.74, 6) is 1.77. The summed E-state index contributed by atoms with van der Waals surface area (Å²) >= 11 is 0. The van der Waals surface area contributed by atoms with Crippen LogP contribution in [0.1, 0.15) is 40.5 Å². The van der Waals surface area contributed by atoms with E-state index < -0.39 is 0 Å². The molecular formula is C8H21Al. The summed E-state index contributed by atoms with van der Waals surface area (Å²) in [6, 6.07) is 0. The van der Waals surface area contributed by atoms with Crippen LogP contribution in [0.2, 0.25) is 0 Å². The molecule has 0 aliphatic rings. The maximum atomic E-state index is 2.28. The highest BCUT2D eigenvalue weighted by Gasteiger charge is 1.95. The summed E-state index contributed by atoms with van der Waals surface area (Å²) in [5.41, 5.74) is 0. The molecule has 0 rings (SSSR count). The van der Waals surface area contributed by atoms with Gasteiger partial charge in [0.1, 0.15) is 0 Å². The van der Waals surface area contributed by atoms with Crippen molar-refractivity contribution in [2.75, 3.05) is 0 Å². The fourth-order valence-electron chi connectivity index (χ4n) is 0.667. The summed E-state index contributed by atoms with van der Waals surface area (Å²) in [4.78, 5) is 0. The summed E-state index contributed by atoms with van der Waals surface area (Å²) in [6.07, 6.45) is 2.77. The predicted octanol–water partition coefficient (Wildman–Crippen LogP) is 1.89. The lowest BCUT2D eigenvalue weighted by Crippen LogP contribution is -1.91. The Labute approximate surface area is 70.2 Å². The molecule has 0 bridgehead atoms. The van der Waals surface area contributed by atoms with Gasteiger partial charge in [-0.1, -0.05) is 40.5 Å². The summed E-state index contributed by atoms with van der Waals surface area (Å²) in [7, 11) is 0. The molecule has 56 valence electrons. The van der Waals surface area contributed by atoms with Gasteiger partial charge in [-0.05, 0) is 11.8 Å². The van der Waals surface area contributed by atoms with Crippen molar-refractivity contribution >= 4 is 17.4 Å². The third kappa shape index (κ3) is 11.9. The normalized spacial score (nSPS) is 10.0. The van der Waals surface area contributed by atoms with E-state index in [9.17, 15) is 0 Å². The Morgan fingerprint density at radius 1 is 0.778 bits per heavy atom. The third-order valence-electron chi connectivity index (χ3n) is 1.32. The molecule has 0 spiro atoms. The molecule has 0 unspecified atom stereocenters. The minimum atomic E-state index is 0. The molecule has 0 aromatic carbocycles. The maximum Gasteiger partial charge on any atom is 0.187 e. The second-order valence-corrected chi connectivity index (χ2v) is 3.37. The lowest BCUT2D eigenvalue weighted by atomic mass is 10.0. The minimum absolute atomic E-state index is 0. The van der Waals surface area contributed by atoms with Gasteiger partial charge in [0.05, 0.1) is 0 Å². The van der Waals surface area contributed by atoms with Gasteiger partial charge in [-0.3, -0.25) is 0 Å². The van der Waals surface area contributed by atoms with Crippen LogP contribution in [0, 0.1) is 11.8 Å². The number of hydrogen-bond donors (Lipinski definition) is 0. The van der Waals surface area contributed by atoms with Crippen molar-refractivity contribution in [2.45, 2.75) is 40.5 Å². The highest BCUT2D eigenvalue weighted by Crippen LogP contribution is 2.09. The van der Waals surface area contributed by atoms with E-state index in [4.69, 9.17) is 0 Å². The van der Waals surface area contributed by atoms with Crippen molar-refractivity contribution < 1.29 is 0 Å². The lowest BCUT2D eigenvalue weighted by molar-refractivity contribution is 0.476. The molecule has 0 fully saturated rings. The standard InChI is InChI=1S/C8H18.Al.3H/c1-7(2)5-6-8(3)4;;;;/h7-8H,5-6H2,1-4H3;;;;. The quantitative estimate of drug-likeness (QED) is 0.531. The largest absolute Gasteiger partial charge is 0.187 e. The molecule has 0 N–H and O–H groups in total. The molecule has 0 aliphatic heterocycles. The van der Waals surface area contributed by atoms with Gasteiger partial charge in [0.15, 0.2) is 17.4 Å². The van der Waals surface area contributed by atoms with Crippen molar-refractivity contribution in [3.63, 3.8) is 0 Å². The molecule has 0 aliphatic carbocycles. The molecular weight excluding hydrogens is 123 g/mol. The zero-order chi connectivity index (χ0) is 6.57. The first-order valence-corrected chi connectivity index (χ1v) is 3.63. The van der Waals surface area contributed by atoms with Crippen LogP contribution in [0.5, 0.6) is 0 Å². The lowest BCUT2D eigenvalue weighted by Gasteiger charge is -2.05. The van der Waals surface area contributed by atoms with E-state index in [-0.39, 0.29) is 17.4 Å². The van der Waals surface area contributed by atoms with Crippen LogP contribution in [0.4, 0.5) is 0 Å². The van der Waals surface area contributed by atoms with Crippen LogP contribution in [-0.4, -0.2) is 17.4 Å². The van der Waals surface area contributed by atoms with Crippen molar-refractivity contribution in [1.82, 2.24) is 0 Å². The maximum absolute atomic E-state index is 2.28. The zero-order valence-corrected chi connectivity index (χ0v) is 6.57. The molecule has 0 saturated carbocycles. The third-order valence-corrected chi connectivity index (χ3v) is 1.32. The molecule has 0 amide bonds. The fraction of sp³-hybridized carbons (Fsp3) is 1.00. The van der Waals surface area contributed by atoms with Gasteiger partial charge in [-0.25, -0.2) is 0 Å². The fourth-order valence-corrected chi connectivity index (χ4v) is 0.667.